The number of amides is 1. The van der Waals surface area contributed by atoms with Crippen LogP contribution in [0.15, 0.2) is 78.0 Å². The van der Waals surface area contributed by atoms with Crippen molar-refractivity contribution >= 4 is 29.3 Å². The molecule has 1 atom stereocenters. The molecule has 1 N–H and O–H groups in total. The van der Waals surface area contributed by atoms with Gasteiger partial charge < -0.3 is 5.32 Å². The Labute approximate surface area is 203 Å². The number of nitrogens with one attached hydrogen (secondary N) is 1. The molecule has 0 bridgehead atoms. The van der Waals surface area contributed by atoms with Gasteiger partial charge in [0.1, 0.15) is 0 Å². The summed E-state index contributed by atoms with van der Waals surface area (Å²) in [5, 5.41) is 13.4. The molecule has 0 radical (unpaired) electrons. The average molecular weight is 477 g/mol. The van der Waals surface area contributed by atoms with Gasteiger partial charge in [-0.1, -0.05) is 71.9 Å². The Balaban J connectivity index is 1.68. The quantitative estimate of drug-likeness (QED) is 0.317. The molecule has 0 saturated heterocycles. The lowest BCUT2D eigenvalue weighted by molar-refractivity contribution is 0.0938. The van der Waals surface area contributed by atoms with Gasteiger partial charge in [-0.3, -0.25) is 9.36 Å². The van der Waals surface area contributed by atoms with Crippen LogP contribution in [0.25, 0.3) is 5.69 Å². The molecule has 0 fully saturated rings. The minimum absolute atomic E-state index is 0.158. The molecule has 1 unspecified atom stereocenters. The van der Waals surface area contributed by atoms with E-state index in [1.165, 1.54) is 11.1 Å². The second-order valence-corrected chi connectivity index (χ2v) is 9.26. The summed E-state index contributed by atoms with van der Waals surface area (Å²) in [7, 11) is 0. The van der Waals surface area contributed by atoms with Crippen molar-refractivity contribution in [2.75, 3.05) is 0 Å². The normalized spacial score (nSPS) is 11.9. The van der Waals surface area contributed by atoms with E-state index in [9.17, 15) is 4.79 Å². The largest absolute Gasteiger partial charge is 0.342 e. The summed E-state index contributed by atoms with van der Waals surface area (Å²) in [4.78, 5) is 12.8. The fraction of sp³-hybridized carbons (Fsp3) is 0.192. The molecule has 1 amide bonds. The fourth-order valence-corrected chi connectivity index (χ4v) is 4.75. The third-order valence-electron chi connectivity index (χ3n) is 5.46. The van der Waals surface area contributed by atoms with Gasteiger partial charge >= 0.3 is 0 Å². The molecule has 0 saturated carbocycles. The summed E-state index contributed by atoms with van der Waals surface area (Å²) in [6, 6.07) is 22.9. The van der Waals surface area contributed by atoms with Crippen LogP contribution < -0.4 is 5.32 Å². The van der Waals surface area contributed by atoms with Gasteiger partial charge in [0.2, 0.25) is 0 Å². The van der Waals surface area contributed by atoms with E-state index in [1.54, 1.807) is 23.9 Å². The smallest absolute Gasteiger partial charge is 0.251 e. The van der Waals surface area contributed by atoms with Crippen molar-refractivity contribution < 1.29 is 4.79 Å². The van der Waals surface area contributed by atoms with Crippen molar-refractivity contribution in [2.24, 2.45) is 0 Å². The second kappa shape index (κ2) is 10.2. The highest BCUT2D eigenvalue weighted by molar-refractivity contribution is 7.98. The molecule has 0 spiro atoms. The maximum absolute atomic E-state index is 12.8. The van der Waals surface area contributed by atoms with Crippen LogP contribution in [0.4, 0.5) is 0 Å². The molecule has 0 aliphatic carbocycles. The van der Waals surface area contributed by atoms with E-state index < -0.39 is 0 Å². The highest BCUT2D eigenvalue weighted by Gasteiger charge is 2.23. The first-order valence-electron chi connectivity index (χ1n) is 10.7. The number of rotatable bonds is 7. The Morgan fingerprint density at radius 3 is 2.48 bits per heavy atom. The monoisotopic (exact) mass is 476 g/mol. The number of aryl methyl sites for hydroxylation is 2. The Morgan fingerprint density at radius 2 is 1.73 bits per heavy atom. The van der Waals surface area contributed by atoms with Gasteiger partial charge in [-0.25, -0.2) is 0 Å². The van der Waals surface area contributed by atoms with Crippen molar-refractivity contribution in [3.8, 4) is 5.69 Å². The minimum Gasteiger partial charge on any atom is -0.342 e. The van der Waals surface area contributed by atoms with E-state index in [4.69, 9.17) is 11.6 Å². The van der Waals surface area contributed by atoms with Crippen molar-refractivity contribution in [1.82, 2.24) is 20.1 Å². The standard InChI is InChI=1S/C26H25ClN4OS/c1-17-9-7-8-12-21(17)16-33-26-30-29-24(31(26)23-15-22(27)14-13-18(23)2)19(3)28-25(32)20-10-5-4-6-11-20/h4-15,19H,16H2,1-3H3,(H,28,32). The SMILES string of the molecule is Cc1ccccc1CSc1nnc(C(C)NC(=O)c2ccccc2)n1-c1cc(Cl)ccc1C. The summed E-state index contributed by atoms with van der Waals surface area (Å²) in [6.07, 6.45) is 0. The van der Waals surface area contributed by atoms with Crippen molar-refractivity contribution in [3.05, 3.63) is 106 Å². The van der Waals surface area contributed by atoms with Gasteiger partial charge in [-0.05, 0) is 61.7 Å². The van der Waals surface area contributed by atoms with Crippen LogP contribution in [-0.2, 0) is 5.75 Å². The van der Waals surface area contributed by atoms with Crippen LogP contribution in [0.1, 0.15) is 45.8 Å². The van der Waals surface area contributed by atoms with E-state index in [0.717, 1.165) is 22.2 Å². The van der Waals surface area contributed by atoms with Gasteiger partial charge in [0.25, 0.3) is 5.91 Å². The first-order chi connectivity index (χ1) is 15.9. The number of aromatic nitrogens is 3. The first-order valence-corrected chi connectivity index (χ1v) is 12.1. The maximum atomic E-state index is 12.8. The lowest BCUT2D eigenvalue weighted by Crippen LogP contribution is -2.28. The molecule has 0 aliphatic heterocycles. The Hall–Kier alpha value is -3.09. The third-order valence-corrected chi connectivity index (χ3v) is 6.67. The van der Waals surface area contributed by atoms with Crippen LogP contribution in [0.3, 0.4) is 0 Å². The summed E-state index contributed by atoms with van der Waals surface area (Å²) >= 11 is 7.96. The number of benzene rings is 3. The zero-order valence-electron chi connectivity index (χ0n) is 18.7. The fourth-order valence-electron chi connectivity index (χ4n) is 3.55. The topological polar surface area (TPSA) is 59.8 Å². The molecular weight excluding hydrogens is 452 g/mol. The third kappa shape index (κ3) is 5.29. The van der Waals surface area contributed by atoms with Crippen molar-refractivity contribution in [2.45, 2.75) is 37.7 Å². The van der Waals surface area contributed by atoms with Crippen LogP contribution in [-0.4, -0.2) is 20.7 Å². The van der Waals surface area contributed by atoms with Crippen LogP contribution >= 0.6 is 23.4 Å². The summed E-state index contributed by atoms with van der Waals surface area (Å²) < 4.78 is 2.00. The van der Waals surface area contributed by atoms with Crippen LogP contribution in [0.5, 0.6) is 0 Å². The first kappa shape index (κ1) is 23.1. The van der Waals surface area contributed by atoms with Gasteiger partial charge in [0, 0.05) is 16.3 Å². The number of nitrogens with zero attached hydrogens (tertiary/aromatic N) is 3. The zero-order chi connectivity index (χ0) is 23.4. The molecule has 0 aliphatic rings. The van der Waals surface area contributed by atoms with Crippen molar-refractivity contribution in [1.29, 1.82) is 0 Å². The molecule has 168 valence electrons. The number of carbonyl (C=O) groups excluding carboxylic acids is 1. The van der Waals surface area contributed by atoms with E-state index in [2.05, 4.69) is 34.6 Å². The van der Waals surface area contributed by atoms with Gasteiger partial charge in [0.15, 0.2) is 11.0 Å². The van der Waals surface area contributed by atoms with E-state index in [1.807, 2.05) is 66.9 Å². The molecule has 4 rings (SSSR count). The number of hydrogen-bond acceptors (Lipinski definition) is 4. The Kier molecular flexibility index (Phi) is 7.16. The predicted octanol–water partition coefficient (Wildman–Crippen LogP) is 6.32. The van der Waals surface area contributed by atoms with Gasteiger partial charge in [0.05, 0.1) is 11.7 Å². The molecular formula is C26H25ClN4OS. The average Bonchev–Trinajstić information content (AvgIpc) is 3.24. The number of hydrogen-bond donors (Lipinski definition) is 1. The van der Waals surface area contributed by atoms with Gasteiger partial charge in [-0.2, -0.15) is 0 Å². The highest BCUT2D eigenvalue weighted by Crippen LogP contribution is 2.31. The second-order valence-electron chi connectivity index (χ2n) is 7.88. The highest BCUT2D eigenvalue weighted by atomic mass is 35.5. The van der Waals surface area contributed by atoms with E-state index >= 15 is 0 Å². The Bertz CT molecular complexity index is 1270. The maximum Gasteiger partial charge on any atom is 0.251 e. The minimum atomic E-state index is -0.364. The molecule has 5 nitrogen and oxygen atoms in total. The molecule has 3 aromatic carbocycles. The van der Waals surface area contributed by atoms with Gasteiger partial charge in [-0.15, -0.1) is 10.2 Å². The lowest BCUT2D eigenvalue weighted by atomic mass is 10.1. The molecule has 1 heterocycles. The number of thioether (sulfide) groups is 1. The number of carbonyl (C=O) groups is 1. The molecule has 4 aromatic rings. The predicted molar refractivity (Wildman–Crippen MR) is 134 cm³/mol. The molecule has 33 heavy (non-hydrogen) atoms. The lowest BCUT2D eigenvalue weighted by Gasteiger charge is -2.18. The zero-order valence-corrected chi connectivity index (χ0v) is 20.3. The van der Waals surface area contributed by atoms with Crippen molar-refractivity contribution in [3.63, 3.8) is 0 Å². The molecule has 1 aromatic heterocycles. The summed E-state index contributed by atoms with van der Waals surface area (Å²) in [6.45, 7) is 6.05. The molecule has 7 heteroatoms. The van der Waals surface area contributed by atoms with Crippen LogP contribution in [0.2, 0.25) is 5.02 Å². The van der Waals surface area contributed by atoms with Crippen LogP contribution in [0, 0.1) is 13.8 Å². The van der Waals surface area contributed by atoms with E-state index in [-0.39, 0.29) is 11.9 Å². The summed E-state index contributed by atoms with van der Waals surface area (Å²) in [5.41, 5.74) is 5.02. The number of halogens is 1. The summed E-state index contributed by atoms with van der Waals surface area (Å²) in [5.74, 6) is 1.25. The van der Waals surface area contributed by atoms with E-state index in [0.29, 0.717) is 16.4 Å². The Morgan fingerprint density at radius 1 is 1.00 bits per heavy atom.